The average molecular weight is 229 g/mol. The van der Waals surface area contributed by atoms with Gasteiger partial charge in [-0.2, -0.15) is 0 Å². The highest BCUT2D eigenvalue weighted by molar-refractivity contribution is 5.92. The van der Waals surface area contributed by atoms with Crippen molar-refractivity contribution in [1.82, 2.24) is 9.97 Å². The molecule has 1 amide bonds. The van der Waals surface area contributed by atoms with Crippen LogP contribution in [0.1, 0.15) is 35.0 Å². The third-order valence-corrected chi connectivity index (χ3v) is 2.76. The maximum atomic E-state index is 11.3. The van der Waals surface area contributed by atoms with E-state index in [2.05, 4.69) is 9.97 Å². The molecule has 2 aromatic heterocycles. The number of primary amides is 1. The molecule has 2 aromatic rings. The van der Waals surface area contributed by atoms with Crippen molar-refractivity contribution < 1.29 is 9.21 Å². The van der Waals surface area contributed by atoms with Gasteiger partial charge in [0.25, 0.3) is 5.91 Å². The summed E-state index contributed by atoms with van der Waals surface area (Å²) in [4.78, 5) is 19.4. The van der Waals surface area contributed by atoms with Crippen LogP contribution >= 0.6 is 0 Å². The fourth-order valence-corrected chi connectivity index (χ4v) is 1.75. The van der Waals surface area contributed by atoms with Gasteiger partial charge in [-0.05, 0) is 25.0 Å². The molecular weight excluding hydrogens is 218 g/mol. The molecule has 1 aliphatic carbocycles. The summed E-state index contributed by atoms with van der Waals surface area (Å²) >= 11 is 0. The van der Waals surface area contributed by atoms with Crippen molar-refractivity contribution in [3.63, 3.8) is 0 Å². The summed E-state index contributed by atoms with van der Waals surface area (Å²) in [6.07, 6.45) is 5.37. The van der Waals surface area contributed by atoms with Crippen molar-refractivity contribution in [2.45, 2.75) is 18.8 Å². The van der Waals surface area contributed by atoms with Crippen LogP contribution in [0.25, 0.3) is 11.5 Å². The number of nitrogens with two attached hydrogens (primary N) is 1. The highest BCUT2D eigenvalue weighted by Gasteiger charge is 2.33. The number of hydrogen-bond acceptors (Lipinski definition) is 4. The second-order valence-electron chi connectivity index (χ2n) is 4.11. The molecule has 86 valence electrons. The molecule has 0 bridgehead atoms. The van der Waals surface area contributed by atoms with E-state index in [-0.39, 0.29) is 5.69 Å². The van der Waals surface area contributed by atoms with Crippen molar-refractivity contribution in [3.8, 4) is 11.5 Å². The summed E-state index contributed by atoms with van der Waals surface area (Å²) in [5, 5.41) is 0. The molecule has 17 heavy (non-hydrogen) atoms. The Morgan fingerprint density at radius 3 is 2.65 bits per heavy atom. The van der Waals surface area contributed by atoms with E-state index in [0.717, 1.165) is 18.4 Å². The monoisotopic (exact) mass is 229 g/mol. The Balaban J connectivity index is 2.07. The first-order chi connectivity index (χ1) is 8.25. The third kappa shape index (κ3) is 1.80. The Morgan fingerprint density at radius 1 is 1.35 bits per heavy atom. The van der Waals surface area contributed by atoms with Crippen LogP contribution in [0.2, 0.25) is 0 Å². The SMILES string of the molecule is NC(=O)c1nc(-c2ccncc2)oc1C1CC1. The lowest BCUT2D eigenvalue weighted by Crippen LogP contribution is -2.13. The van der Waals surface area contributed by atoms with Crippen molar-refractivity contribution in [2.75, 3.05) is 0 Å². The van der Waals surface area contributed by atoms with E-state index in [1.807, 2.05) is 0 Å². The first-order valence-electron chi connectivity index (χ1n) is 5.46. The molecule has 3 rings (SSSR count). The first-order valence-corrected chi connectivity index (χ1v) is 5.46. The topological polar surface area (TPSA) is 82.0 Å². The first kappa shape index (κ1) is 10.0. The van der Waals surface area contributed by atoms with E-state index in [4.69, 9.17) is 10.2 Å². The van der Waals surface area contributed by atoms with Crippen LogP contribution in [0.15, 0.2) is 28.9 Å². The number of rotatable bonds is 3. The lowest BCUT2D eigenvalue weighted by molar-refractivity contribution is 0.0994. The summed E-state index contributed by atoms with van der Waals surface area (Å²) < 4.78 is 5.65. The molecule has 1 aliphatic rings. The van der Waals surface area contributed by atoms with Gasteiger partial charge in [-0.3, -0.25) is 9.78 Å². The second-order valence-corrected chi connectivity index (χ2v) is 4.11. The molecule has 1 saturated carbocycles. The zero-order valence-corrected chi connectivity index (χ0v) is 9.09. The number of oxazole rings is 1. The van der Waals surface area contributed by atoms with E-state index in [0.29, 0.717) is 17.6 Å². The summed E-state index contributed by atoms with van der Waals surface area (Å²) in [6.45, 7) is 0. The number of nitrogens with zero attached hydrogens (tertiary/aromatic N) is 2. The van der Waals surface area contributed by atoms with Gasteiger partial charge < -0.3 is 10.2 Å². The Hall–Kier alpha value is -2.17. The van der Waals surface area contributed by atoms with Crippen LogP contribution in [0, 0.1) is 0 Å². The quantitative estimate of drug-likeness (QED) is 0.868. The minimum absolute atomic E-state index is 0.263. The molecular formula is C12H11N3O2. The number of carbonyl (C=O) groups is 1. The Labute approximate surface area is 97.7 Å². The fourth-order valence-electron chi connectivity index (χ4n) is 1.75. The van der Waals surface area contributed by atoms with Gasteiger partial charge in [0.2, 0.25) is 5.89 Å². The molecule has 0 spiro atoms. The Kier molecular flexibility index (Phi) is 2.18. The van der Waals surface area contributed by atoms with E-state index >= 15 is 0 Å². The zero-order chi connectivity index (χ0) is 11.8. The van der Waals surface area contributed by atoms with E-state index in [9.17, 15) is 4.79 Å². The van der Waals surface area contributed by atoms with E-state index < -0.39 is 5.91 Å². The van der Waals surface area contributed by atoms with Gasteiger partial charge in [0.1, 0.15) is 5.76 Å². The van der Waals surface area contributed by atoms with Crippen molar-refractivity contribution >= 4 is 5.91 Å². The summed E-state index contributed by atoms with van der Waals surface area (Å²) in [6, 6.07) is 3.57. The van der Waals surface area contributed by atoms with Crippen LogP contribution in [-0.2, 0) is 0 Å². The van der Waals surface area contributed by atoms with Crippen molar-refractivity contribution in [3.05, 3.63) is 36.0 Å². The Bertz CT molecular complexity index is 558. The molecule has 0 aromatic carbocycles. The molecule has 0 saturated heterocycles. The number of carbonyl (C=O) groups excluding carboxylic acids is 1. The lowest BCUT2D eigenvalue weighted by atomic mass is 10.2. The van der Waals surface area contributed by atoms with Gasteiger partial charge in [0, 0.05) is 23.9 Å². The van der Waals surface area contributed by atoms with Gasteiger partial charge >= 0.3 is 0 Å². The highest BCUT2D eigenvalue weighted by atomic mass is 16.4. The van der Waals surface area contributed by atoms with Crippen LogP contribution in [-0.4, -0.2) is 15.9 Å². The predicted octanol–water partition coefficient (Wildman–Crippen LogP) is 1.71. The minimum Gasteiger partial charge on any atom is -0.440 e. The standard InChI is InChI=1S/C12H11N3O2/c13-11(16)9-10(7-1-2-7)17-12(15-9)8-3-5-14-6-4-8/h3-7H,1-2H2,(H2,13,16). The number of aromatic nitrogens is 2. The molecule has 1 fully saturated rings. The maximum Gasteiger partial charge on any atom is 0.270 e. The Morgan fingerprint density at radius 2 is 2.06 bits per heavy atom. The van der Waals surface area contributed by atoms with Crippen LogP contribution < -0.4 is 5.73 Å². The molecule has 0 aliphatic heterocycles. The largest absolute Gasteiger partial charge is 0.440 e. The van der Waals surface area contributed by atoms with Gasteiger partial charge in [-0.25, -0.2) is 4.98 Å². The van der Waals surface area contributed by atoms with E-state index in [1.54, 1.807) is 24.5 Å². The number of pyridine rings is 1. The second kappa shape index (κ2) is 3.69. The molecule has 2 N–H and O–H groups in total. The van der Waals surface area contributed by atoms with Gasteiger partial charge in [0.05, 0.1) is 0 Å². The lowest BCUT2D eigenvalue weighted by Gasteiger charge is -1.93. The van der Waals surface area contributed by atoms with Crippen LogP contribution in [0.5, 0.6) is 0 Å². The molecule has 5 nitrogen and oxygen atoms in total. The molecule has 0 unspecified atom stereocenters. The third-order valence-electron chi connectivity index (χ3n) is 2.76. The molecule has 0 radical (unpaired) electrons. The fraction of sp³-hybridized carbons (Fsp3) is 0.250. The van der Waals surface area contributed by atoms with E-state index in [1.165, 1.54) is 0 Å². The highest BCUT2D eigenvalue weighted by Crippen LogP contribution is 2.43. The van der Waals surface area contributed by atoms with Gasteiger partial charge in [-0.15, -0.1) is 0 Å². The molecule has 0 atom stereocenters. The van der Waals surface area contributed by atoms with Crippen LogP contribution in [0.4, 0.5) is 0 Å². The average Bonchev–Trinajstić information content (AvgIpc) is 3.09. The summed E-state index contributed by atoms with van der Waals surface area (Å²) in [5.41, 5.74) is 6.36. The molecule has 5 heteroatoms. The predicted molar refractivity (Wildman–Crippen MR) is 60.2 cm³/mol. The number of amides is 1. The number of hydrogen-bond donors (Lipinski definition) is 1. The maximum absolute atomic E-state index is 11.3. The zero-order valence-electron chi connectivity index (χ0n) is 9.09. The van der Waals surface area contributed by atoms with Gasteiger partial charge in [-0.1, -0.05) is 0 Å². The van der Waals surface area contributed by atoms with Crippen molar-refractivity contribution in [1.29, 1.82) is 0 Å². The smallest absolute Gasteiger partial charge is 0.270 e. The summed E-state index contributed by atoms with van der Waals surface area (Å²) in [7, 11) is 0. The van der Waals surface area contributed by atoms with Crippen molar-refractivity contribution in [2.24, 2.45) is 5.73 Å². The van der Waals surface area contributed by atoms with Gasteiger partial charge in [0.15, 0.2) is 5.69 Å². The minimum atomic E-state index is -0.532. The summed E-state index contributed by atoms with van der Waals surface area (Å²) in [5.74, 6) is 0.837. The molecule has 2 heterocycles. The normalized spacial score (nSPS) is 14.8. The van der Waals surface area contributed by atoms with Crippen LogP contribution in [0.3, 0.4) is 0 Å².